The molecule has 0 atom stereocenters. The molecule has 0 aromatic heterocycles. The molecular weight excluding hydrogens is 322 g/mol. The van der Waals surface area contributed by atoms with E-state index in [1.807, 2.05) is 12.1 Å². The Morgan fingerprint density at radius 3 is 2.19 bits per heavy atom. The van der Waals surface area contributed by atoms with E-state index in [0.717, 1.165) is 24.5 Å². The van der Waals surface area contributed by atoms with Crippen molar-refractivity contribution in [2.24, 2.45) is 0 Å². The van der Waals surface area contributed by atoms with Crippen LogP contribution >= 0.6 is 0 Å². The van der Waals surface area contributed by atoms with E-state index in [2.05, 4.69) is 65.8 Å². The van der Waals surface area contributed by atoms with Gasteiger partial charge in [-0.05, 0) is 60.7 Å². The normalized spacial score (nSPS) is 13.9. The van der Waals surface area contributed by atoms with Crippen LogP contribution in [0.25, 0.3) is 0 Å². The number of hydrogen-bond acceptors (Lipinski definition) is 3. The van der Waals surface area contributed by atoms with E-state index in [0.29, 0.717) is 18.9 Å². The standard InChI is InChI=1S/C22H29N3O/c1-17(2)18-5-7-19(8-6-18)23-14-13-22(26)24-20-9-11-21(12-10-20)25-15-3-4-16-25/h5-12,17,23H,3-4,13-16H2,1-2H3,(H,24,26). The average molecular weight is 351 g/mol. The molecule has 0 saturated carbocycles. The van der Waals surface area contributed by atoms with Gasteiger partial charge in [-0.1, -0.05) is 26.0 Å². The first-order valence-electron chi connectivity index (χ1n) is 9.60. The topological polar surface area (TPSA) is 44.4 Å². The highest BCUT2D eigenvalue weighted by molar-refractivity contribution is 5.91. The quantitative estimate of drug-likeness (QED) is 0.749. The molecule has 2 N–H and O–H groups in total. The lowest BCUT2D eigenvalue weighted by atomic mass is 10.0. The predicted molar refractivity (Wildman–Crippen MR) is 110 cm³/mol. The maximum Gasteiger partial charge on any atom is 0.226 e. The molecule has 0 spiro atoms. The van der Waals surface area contributed by atoms with Gasteiger partial charge in [0.25, 0.3) is 0 Å². The zero-order chi connectivity index (χ0) is 18.4. The number of nitrogens with zero attached hydrogens (tertiary/aromatic N) is 1. The van der Waals surface area contributed by atoms with Crippen molar-refractivity contribution >= 4 is 23.0 Å². The second-order valence-corrected chi connectivity index (χ2v) is 7.24. The van der Waals surface area contributed by atoms with Crippen LogP contribution in [0.15, 0.2) is 48.5 Å². The molecule has 0 radical (unpaired) electrons. The maximum atomic E-state index is 12.1. The van der Waals surface area contributed by atoms with E-state index in [1.54, 1.807) is 0 Å². The Morgan fingerprint density at radius 2 is 1.58 bits per heavy atom. The molecule has 4 nitrogen and oxygen atoms in total. The zero-order valence-electron chi connectivity index (χ0n) is 15.8. The Morgan fingerprint density at radius 1 is 0.962 bits per heavy atom. The molecule has 2 aromatic rings. The third kappa shape index (κ3) is 5.01. The lowest BCUT2D eigenvalue weighted by molar-refractivity contribution is -0.115. The molecule has 0 bridgehead atoms. The number of carbonyl (C=O) groups is 1. The summed E-state index contributed by atoms with van der Waals surface area (Å²) in [4.78, 5) is 14.5. The molecule has 2 aromatic carbocycles. The van der Waals surface area contributed by atoms with Crippen molar-refractivity contribution in [3.8, 4) is 0 Å². The van der Waals surface area contributed by atoms with Crippen LogP contribution in [0.4, 0.5) is 17.1 Å². The van der Waals surface area contributed by atoms with Crippen LogP contribution in [0.2, 0.25) is 0 Å². The van der Waals surface area contributed by atoms with Crippen molar-refractivity contribution in [1.82, 2.24) is 0 Å². The Balaban J connectivity index is 1.42. The van der Waals surface area contributed by atoms with Gasteiger partial charge < -0.3 is 15.5 Å². The summed E-state index contributed by atoms with van der Waals surface area (Å²) in [5.41, 5.74) is 4.48. The van der Waals surface area contributed by atoms with Crippen LogP contribution in [0.5, 0.6) is 0 Å². The van der Waals surface area contributed by atoms with E-state index in [4.69, 9.17) is 0 Å². The van der Waals surface area contributed by atoms with Gasteiger partial charge >= 0.3 is 0 Å². The predicted octanol–water partition coefficient (Wildman–Crippen LogP) is 4.85. The van der Waals surface area contributed by atoms with E-state index in [-0.39, 0.29) is 5.91 Å². The number of hydrogen-bond donors (Lipinski definition) is 2. The molecule has 1 fully saturated rings. The van der Waals surface area contributed by atoms with Gasteiger partial charge in [0, 0.05) is 43.1 Å². The fraction of sp³-hybridized carbons (Fsp3) is 0.409. The number of amides is 1. The highest BCUT2D eigenvalue weighted by Crippen LogP contribution is 2.22. The number of carbonyl (C=O) groups excluding carboxylic acids is 1. The molecule has 0 unspecified atom stereocenters. The van der Waals surface area contributed by atoms with Crippen molar-refractivity contribution in [2.75, 3.05) is 35.2 Å². The van der Waals surface area contributed by atoms with Gasteiger partial charge in [0.1, 0.15) is 0 Å². The van der Waals surface area contributed by atoms with E-state index in [1.165, 1.54) is 24.1 Å². The highest BCUT2D eigenvalue weighted by atomic mass is 16.1. The van der Waals surface area contributed by atoms with Crippen LogP contribution in [-0.4, -0.2) is 25.5 Å². The molecule has 1 aliphatic rings. The van der Waals surface area contributed by atoms with Crippen molar-refractivity contribution < 1.29 is 4.79 Å². The highest BCUT2D eigenvalue weighted by Gasteiger charge is 2.12. The minimum absolute atomic E-state index is 0.0326. The lowest BCUT2D eigenvalue weighted by Gasteiger charge is -2.17. The molecule has 138 valence electrons. The smallest absolute Gasteiger partial charge is 0.226 e. The summed E-state index contributed by atoms with van der Waals surface area (Å²) in [5.74, 6) is 0.567. The molecular formula is C22H29N3O. The number of benzene rings is 2. The first kappa shape index (κ1) is 18.3. The molecule has 1 amide bonds. The summed E-state index contributed by atoms with van der Waals surface area (Å²) in [5, 5.41) is 6.28. The summed E-state index contributed by atoms with van der Waals surface area (Å²) < 4.78 is 0. The van der Waals surface area contributed by atoms with Gasteiger partial charge in [-0.3, -0.25) is 4.79 Å². The zero-order valence-corrected chi connectivity index (χ0v) is 15.8. The molecule has 1 aliphatic heterocycles. The number of anilines is 3. The Labute approximate surface area is 156 Å². The van der Waals surface area contributed by atoms with Crippen LogP contribution in [0.3, 0.4) is 0 Å². The first-order chi connectivity index (χ1) is 12.6. The maximum absolute atomic E-state index is 12.1. The van der Waals surface area contributed by atoms with Crippen LogP contribution in [0, 0.1) is 0 Å². The van der Waals surface area contributed by atoms with Crippen LogP contribution in [0.1, 0.15) is 44.6 Å². The number of rotatable bonds is 7. The Kier molecular flexibility index (Phi) is 6.16. The second kappa shape index (κ2) is 8.75. The van der Waals surface area contributed by atoms with Crippen molar-refractivity contribution in [3.05, 3.63) is 54.1 Å². The summed E-state index contributed by atoms with van der Waals surface area (Å²) in [7, 11) is 0. The van der Waals surface area contributed by atoms with Crippen molar-refractivity contribution in [1.29, 1.82) is 0 Å². The Bertz CT molecular complexity index is 701. The fourth-order valence-electron chi connectivity index (χ4n) is 3.26. The summed E-state index contributed by atoms with van der Waals surface area (Å²) in [6.45, 7) is 7.26. The molecule has 1 heterocycles. The van der Waals surface area contributed by atoms with E-state index in [9.17, 15) is 4.79 Å². The summed E-state index contributed by atoms with van der Waals surface area (Å²) in [6.07, 6.45) is 2.98. The van der Waals surface area contributed by atoms with Gasteiger partial charge in [0.15, 0.2) is 0 Å². The molecule has 1 saturated heterocycles. The third-order valence-electron chi connectivity index (χ3n) is 4.88. The molecule has 0 aliphatic carbocycles. The molecule has 3 rings (SSSR count). The first-order valence-corrected chi connectivity index (χ1v) is 9.60. The number of nitrogens with one attached hydrogen (secondary N) is 2. The van der Waals surface area contributed by atoms with Gasteiger partial charge in [-0.2, -0.15) is 0 Å². The minimum atomic E-state index is 0.0326. The molecule has 4 heteroatoms. The fourth-order valence-corrected chi connectivity index (χ4v) is 3.26. The van der Waals surface area contributed by atoms with Gasteiger partial charge in [-0.15, -0.1) is 0 Å². The van der Waals surface area contributed by atoms with Gasteiger partial charge in [0.05, 0.1) is 0 Å². The van der Waals surface area contributed by atoms with E-state index >= 15 is 0 Å². The van der Waals surface area contributed by atoms with Crippen LogP contribution < -0.4 is 15.5 Å². The Hall–Kier alpha value is -2.49. The van der Waals surface area contributed by atoms with Crippen molar-refractivity contribution in [2.45, 2.75) is 39.0 Å². The third-order valence-corrected chi connectivity index (χ3v) is 4.88. The lowest BCUT2D eigenvalue weighted by Crippen LogP contribution is -2.18. The monoisotopic (exact) mass is 351 g/mol. The largest absolute Gasteiger partial charge is 0.385 e. The minimum Gasteiger partial charge on any atom is -0.385 e. The van der Waals surface area contributed by atoms with Gasteiger partial charge in [0.2, 0.25) is 5.91 Å². The van der Waals surface area contributed by atoms with Crippen molar-refractivity contribution in [3.63, 3.8) is 0 Å². The molecule has 26 heavy (non-hydrogen) atoms. The summed E-state index contributed by atoms with van der Waals surface area (Å²) in [6, 6.07) is 16.6. The second-order valence-electron chi connectivity index (χ2n) is 7.24. The van der Waals surface area contributed by atoms with E-state index < -0.39 is 0 Å². The average Bonchev–Trinajstić information content (AvgIpc) is 3.17. The van der Waals surface area contributed by atoms with Crippen LogP contribution in [-0.2, 0) is 4.79 Å². The SMILES string of the molecule is CC(C)c1ccc(NCCC(=O)Nc2ccc(N3CCCC3)cc2)cc1. The van der Waals surface area contributed by atoms with Gasteiger partial charge in [-0.25, -0.2) is 0 Å². The summed E-state index contributed by atoms with van der Waals surface area (Å²) >= 11 is 0.